The summed E-state index contributed by atoms with van der Waals surface area (Å²) >= 11 is 0. The molecule has 0 aromatic heterocycles. The molecule has 1 aliphatic carbocycles. The van der Waals surface area contributed by atoms with Crippen LogP contribution in [0.4, 0.5) is 0 Å². The number of guanidine groups is 1. The fourth-order valence-corrected chi connectivity index (χ4v) is 3.97. The zero-order chi connectivity index (χ0) is 21.1. The molecule has 2 rings (SSSR count). The van der Waals surface area contributed by atoms with Crippen molar-refractivity contribution in [1.82, 2.24) is 10.6 Å². The highest BCUT2D eigenvalue weighted by atomic mass is 16.5. The van der Waals surface area contributed by atoms with Gasteiger partial charge in [0.25, 0.3) is 0 Å². The Morgan fingerprint density at radius 2 is 1.66 bits per heavy atom. The van der Waals surface area contributed by atoms with Crippen molar-refractivity contribution in [3.05, 3.63) is 17.7 Å². The van der Waals surface area contributed by atoms with E-state index in [9.17, 15) is 0 Å². The average Bonchev–Trinajstić information content (AvgIpc) is 3.22. The lowest BCUT2D eigenvalue weighted by Gasteiger charge is -2.30. The van der Waals surface area contributed by atoms with Crippen molar-refractivity contribution in [3.63, 3.8) is 0 Å². The first-order valence-electron chi connectivity index (χ1n) is 10.4. The SMILES string of the molecule is CCNC(=NCc1cc(OC)c(OC)c(OC)c1)NCC1(CCOC)CCCC1. The first-order chi connectivity index (χ1) is 14.1. The van der Waals surface area contributed by atoms with Crippen LogP contribution in [-0.2, 0) is 11.3 Å². The fraction of sp³-hybridized carbons (Fsp3) is 0.682. The average molecular weight is 408 g/mol. The van der Waals surface area contributed by atoms with Gasteiger partial charge in [-0.1, -0.05) is 12.8 Å². The molecule has 1 aromatic rings. The van der Waals surface area contributed by atoms with Gasteiger partial charge in [-0.25, -0.2) is 4.99 Å². The molecule has 0 saturated heterocycles. The van der Waals surface area contributed by atoms with Gasteiger partial charge in [-0.2, -0.15) is 0 Å². The highest BCUT2D eigenvalue weighted by Gasteiger charge is 2.33. The second-order valence-corrected chi connectivity index (χ2v) is 7.53. The number of methoxy groups -OCH3 is 4. The lowest BCUT2D eigenvalue weighted by Crippen LogP contribution is -2.43. The van der Waals surface area contributed by atoms with Gasteiger partial charge in [-0.05, 0) is 49.3 Å². The molecule has 7 heteroatoms. The summed E-state index contributed by atoms with van der Waals surface area (Å²) < 4.78 is 21.6. The van der Waals surface area contributed by atoms with Gasteiger partial charge in [0.2, 0.25) is 5.75 Å². The second-order valence-electron chi connectivity index (χ2n) is 7.53. The molecule has 0 amide bonds. The van der Waals surface area contributed by atoms with Crippen LogP contribution in [0.2, 0.25) is 0 Å². The van der Waals surface area contributed by atoms with E-state index in [0.29, 0.717) is 29.2 Å². The fourth-order valence-electron chi connectivity index (χ4n) is 3.97. The third kappa shape index (κ3) is 6.42. The van der Waals surface area contributed by atoms with Gasteiger partial charge in [0.15, 0.2) is 17.5 Å². The maximum atomic E-state index is 5.44. The van der Waals surface area contributed by atoms with Gasteiger partial charge in [0.1, 0.15) is 0 Å². The van der Waals surface area contributed by atoms with Gasteiger partial charge in [0.05, 0.1) is 27.9 Å². The standard InChI is InChI=1S/C22H37N3O4/c1-6-23-21(25-16-22(11-12-26-2)9-7-8-10-22)24-15-17-13-18(27-3)20(29-5)19(14-17)28-4/h13-14H,6-12,15-16H2,1-5H3,(H2,23,24,25). The number of nitrogens with zero attached hydrogens (tertiary/aromatic N) is 1. The van der Waals surface area contributed by atoms with Crippen LogP contribution in [0.15, 0.2) is 17.1 Å². The minimum absolute atomic E-state index is 0.304. The third-order valence-electron chi connectivity index (χ3n) is 5.62. The number of hydrogen-bond donors (Lipinski definition) is 2. The van der Waals surface area contributed by atoms with E-state index in [1.54, 1.807) is 28.4 Å². The minimum Gasteiger partial charge on any atom is -0.493 e. The van der Waals surface area contributed by atoms with Gasteiger partial charge in [-0.15, -0.1) is 0 Å². The van der Waals surface area contributed by atoms with Crippen LogP contribution < -0.4 is 24.8 Å². The van der Waals surface area contributed by atoms with Crippen LogP contribution >= 0.6 is 0 Å². The van der Waals surface area contributed by atoms with E-state index >= 15 is 0 Å². The van der Waals surface area contributed by atoms with Gasteiger partial charge >= 0.3 is 0 Å². The molecule has 1 aliphatic rings. The van der Waals surface area contributed by atoms with Crippen LogP contribution in [-0.4, -0.2) is 54.1 Å². The summed E-state index contributed by atoms with van der Waals surface area (Å²) in [6, 6.07) is 3.87. The summed E-state index contributed by atoms with van der Waals surface area (Å²) in [5.74, 6) is 2.69. The number of rotatable bonds is 11. The van der Waals surface area contributed by atoms with E-state index in [2.05, 4.69) is 17.6 Å². The Kier molecular flexibility index (Phi) is 9.38. The predicted molar refractivity (Wildman–Crippen MR) is 116 cm³/mol. The van der Waals surface area contributed by atoms with E-state index in [4.69, 9.17) is 23.9 Å². The summed E-state index contributed by atoms with van der Waals surface area (Å²) in [5.41, 5.74) is 1.30. The van der Waals surface area contributed by atoms with Crippen LogP contribution in [0.3, 0.4) is 0 Å². The van der Waals surface area contributed by atoms with Crippen LogP contribution in [0, 0.1) is 5.41 Å². The third-order valence-corrected chi connectivity index (χ3v) is 5.62. The van der Waals surface area contributed by atoms with Crippen LogP contribution in [0.1, 0.15) is 44.6 Å². The number of benzene rings is 1. The highest BCUT2D eigenvalue weighted by molar-refractivity contribution is 5.79. The van der Waals surface area contributed by atoms with E-state index in [0.717, 1.165) is 37.6 Å². The number of ether oxygens (including phenoxy) is 4. The molecule has 2 N–H and O–H groups in total. The molecule has 0 heterocycles. The van der Waals surface area contributed by atoms with Crippen LogP contribution in [0.25, 0.3) is 0 Å². The zero-order valence-electron chi connectivity index (χ0n) is 18.6. The summed E-state index contributed by atoms with van der Waals surface area (Å²) in [4.78, 5) is 4.77. The maximum Gasteiger partial charge on any atom is 0.203 e. The normalized spacial score (nSPS) is 15.8. The molecule has 0 radical (unpaired) electrons. The van der Waals surface area contributed by atoms with Crippen molar-refractivity contribution in [2.45, 2.75) is 45.6 Å². The lowest BCUT2D eigenvalue weighted by atomic mass is 9.83. The maximum absolute atomic E-state index is 5.44. The van der Waals surface area contributed by atoms with Crippen molar-refractivity contribution in [3.8, 4) is 17.2 Å². The van der Waals surface area contributed by atoms with Crippen molar-refractivity contribution >= 4 is 5.96 Å². The van der Waals surface area contributed by atoms with Crippen molar-refractivity contribution in [2.75, 3.05) is 48.1 Å². The quantitative estimate of drug-likeness (QED) is 0.433. The van der Waals surface area contributed by atoms with Crippen molar-refractivity contribution < 1.29 is 18.9 Å². The molecule has 1 saturated carbocycles. The van der Waals surface area contributed by atoms with Gasteiger partial charge in [-0.3, -0.25) is 0 Å². The minimum atomic E-state index is 0.304. The first kappa shape index (κ1) is 23.1. The second kappa shape index (κ2) is 11.8. The lowest BCUT2D eigenvalue weighted by molar-refractivity contribution is 0.138. The Hall–Kier alpha value is -2.15. The topological polar surface area (TPSA) is 73.3 Å². The summed E-state index contributed by atoms with van der Waals surface area (Å²) in [6.07, 6.45) is 6.17. The molecular weight excluding hydrogens is 370 g/mol. The van der Waals surface area contributed by atoms with E-state index in [1.807, 2.05) is 12.1 Å². The van der Waals surface area contributed by atoms with Crippen LogP contribution in [0.5, 0.6) is 17.2 Å². The molecule has 164 valence electrons. The van der Waals surface area contributed by atoms with Crippen molar-refractivity contribution in [2.24, 2.45) is 10.4 Å². The molecule has 0 spiro atoms. The Labute approximate surface area is 175 Å². The highest BCUT2D eigenvalue weighted by Crippen LogP contribution is 2.40. The first-order valence-corrected chi connectivity index (χ1v) is 10.4. The number of nitrogens with one attached hydrogen (secondary N) is 2. The Balaban J connectivity index is 2.10. The predicted octanol–water partition coefficient (Wildman–Crippen LogP) is 3.36. The largest absolute Gasteiger partial charge is 0.493 e. The van der Waals surface area contributed by atoms with Gasteiger partial charge < -0.3 is 29.6 Å². The Bertz CT molecular complexity index is 632. The Morgan fingerprint density at radius 3 is 2.17 bits per heavy atom. The molecule has 0 unspecified atom stereocenters. The van der Waals surface area contributed by atoms with Crippen molar-refractivity contribution in [1.29, 1.82) is 0 Å². The molecule has 7 nitrogen and oxygen atoms in total. The van der Waals surface area contributed by atoms with E-state index in [-0.39, 0.29) is 0 Å². The number of aliphatic imine (C=N–C) groups is 1. The molecule has 29 heavy (non-hydrogen) atoms. The van der Waals surface area contributed by atoms with E-state index < -0.39 is 0 Å². The summed E-state index contributed by atoms with van der Waals surface area (Å²) in [6.45, 7) is 5.12. The Morgan fingerprint density at radius 1 is 1.00 bits per heavy atom. The molecule has 0 atom stereocenters. The molecule has 1 fully saturated rings. The zero-order valence-corrected chi connectivity index (χ0v) is 18.6. The smallest absolute Gasteiger partial charge is 0.203 e. The van der Waals surface area contributed by atoms with E-state index in [1.165, 1.54) is 25.7 Å². The molecule has 0 aliphatic heterocycles. The van der Waals surface area contributed by atoms with Gasteiger partial charge in [0, 0.05) is 26.8 Å². The molecule has 0 bridgehead atoms. The summed E-state index contributed by atoms with van der Waals surface area (Å²) in [5, 5.41) is 6.91. The summed E-state index contributed by atoms with van der Waals surface area (Å²) in [7, 11) is 6.63. The number of hydrogen-bond acceptors (Lipinski definition) is 5. The monoisotopic (exact) mass is 407 g/mol. The molecule has 1 aromatic carbocycles. The molecular formula is C22H37N3O4.